The first-order chi connectivity index (χ1) is 5.08. The smallest absolute Gasteiger partial charge is 0.312 e. The molecule has 3 heteroatoms. The molecule has 1 saturated heterocycles. The van der Waals surface area contributed by atoms with Crippen LogP contribution < -0.4 is 0 Å². The van der Waals surface area contributed by atoms with Gasteiger partial charge in [-0.15, -0.1) is 0 Å². The second-order valence-corrected chi connectivity index (χ2v) is 3.54. The maximum Gasteiger partial charge on any atom is 0.312 e. The molecule has 1 heterocycles. The molecule has 1 fully saturated rings. The number of nitrogens with zero attached hydrogens (tertiary/aromatic N) is 1. The Kier molecular flexibility index (Phi) is 2.18. The lowest BCUT2D eigenvalue weighted by Gasteiger charge is -2.19. The van der Waals surface area contributed by atoms with Gasteiger partial charge in [-0.3, -0.25) is 4.79 Å². The Bertz CT molecular complexity index is 169. The zero-order valence-electron chi connectivity index (χ0n) is 7.39. The van der Waals surface area contributed by atoms with E-state index in [1.165, 1.54) is 7.11 Å². The van der Waals surface area contributed by atoms with E-state index in [0.29, 0.717) is 0 Å². The van der Waals surface area contributed by atoms with Crippen LogP contribution in [0.15, 0.2) is 0 Å². The zero-order chi connectivity index (χ0) is 8.48. The molecule has 0 saturated carbocycles. The molecule has 0 aromatic rings. The van der Waals surface area contributed by atoms with Gasteiger partial charge >= 0.3 is 5.97 Å². The summed E-state index contributed by atoms with van der Waals surface area (Å²) in [4.78, 5) is 13.4. The fourth-order valence-corrected chi connectivity index (χ4v) is 1.60. The van der Waals surface area contributed by atoms with E-state index >= 15 is 0 Å². The Balaban J connectivity index is 2.61. The molecular formula is C8H15NO2. The van der Waals surface area contributed by atoms with Gasteiger partial charge in [-0.2, -0.15) is 0 Å². The molecule has 64 valence electrons. The minimum Gasteiger partial charge on any atom is -0.469 e. The van der Waals surface area contributed by atoms with Crippen molar-refractivity contribution in [3.63, 3.8) is 0 Å². The number of carbonyl (C=O) groups is 1. The minimum atomic E-state index is -0.260. The third kappa shape index (κ3) is 1.53. The van der Waals surface area contributed by atoms with Gasteiger partial charge < -0.3 is 9.64 Å². The van der Waals surface area contributed by atoms with Crippen molar-refractivity contribution in [3.8, 4) is 0 Å². The lowest BCUT2D eigenvalue weighted by molar-refractivity contribution is -0.150. The van der Waals surface area contributed by atoms with E-state index in [4.69, 9.17) is 4.74 Å². The van der Waals surface area contributed by atoms with E-state index < -0.39 is 0 Å². The Morgan fingerprint density at radius 3 is 2.64 bits per heavy atom. The highest BCUT2D eigenvalue weighted by atomic mass is 16.5. The number of hydrogen-bond acceptors (Lipinski definition) is 3. The Hall–Kier alpha value is -0.570. The highest BCUT2D eigenvalue weighted by Crippen LogP contribution is 2.29. The van der Waals surface area contributed by atoms with E-state index in [1.54, 1.807) is 0 Å². The molecule has 0 radical (unpaired) electrons. The standard InChI is InChI=1S/C8H15NO2/c1-8(7(10)11-3)4-5-9(2)6-8/h4-6H2,1-3H3. The molecule has 0 aromatic heterocycles. The largest absolute Gasteiger partial charge is 0.469 e. The number of rotatable bonds is 1. The first-order valence-corrected chi connectivity index (χ1v) is 3.85. The fourth-order valence-electron chi connectivity index (χ4n) is 1.60. The van der Waals surface area contributed by atoms with Crippen molar-refractivity contribution in [2.75, 3.05) is 27.2 Å². The predicted octanol–water partition coefficient (Wildman–Crippen LogP) is 0.501. The van der Waals surface area contributed by atoms with Crippen molar-refractivity contribution in [2.24, 2.45) is 5.41 Å². The first-order valence-electron chi connectivity index (χ1n) is 3.85. The van der Waals surface area contributed by atoms with E-state index in [1.807, 2.05) is 14.0 Å². The number of ether oxygens (including phenoxy) is 1. The van der Waals surface area contributed by atoms with Crippen LogP contribution in [0.25, 0.3) is 0 Å². The summed E-state index contributed by atoms with van der Waals surface area (Å²) < 4.78 is 4.72. The van der Waals surface area contributed by atoms with E-state index in [-0.39, 0.29) is 11.4 Å². The van der Waals surface area contributed by atoms with E-state index in [0.717, 1.165) is 19.5 Å². The highest BCUT2D eigenvalue weighted by Gasteiger charge is 2.39. The van der Waals surface area contributed by atoms with Crippen molar-refractivity contribution >= 4 is 5.97 Å². The summed E-state index contributed by atoms with van der Waals surface area (Å²) >= 11 is 0. The Morgan fingerprint density at radius 1 is 1.64 bits per heavy atom. The molecule has 1 aliphatic rings. The Morgan fingerprint density at radius 2 is 2.27 bits per heavy atom. The lowest BCUT2D eigenvalue weighted by Crippen LogP contribution is -2.31. The van der Waals surface area contributed by atoms with Crippen LogP contribution >= 0.6 is 0 Å². The number of carbonyl (C=O) groups excluding carboxylic acids is 1. The van der Waals surface area contributed by atoms with Crippen LogP contribution in [0.2, 0.25) is 0 Å². The van der Waals surface area contributed by atoms with Crippen molar-refractivity contribution < 1.29 is 9.53 Å². The van der Waals surface area contributed by atoms with E-state index in [2.05, 4.69) is 4.90 Å². The molecular weight excluding hydrogens is 142 g/mol. The Labute approximate surface area is 67.3 Å². The second kappa shape index (κ2) is 2.81. The van der Waals surface area contributed by atoms with Gasteiger partial charge in [0.05, 0.1) is 12.5 Å². The molecule has 0 bridgehead atoms. The van der Waals surface area contributed by atoms with Gasteiger partial charge in [-0.05, 0) is 26.9 Å². The molecule has 1 atom stereocenters. The van der Waals surface area contributed by atoms with E-state index in [9.17, 15) is 4.79 Å². The number of esters is 1. The van der Waals surface area contributed by atoms with Crippen LogP contribution in [-0.2, 0) is 9.53 Å². The summed E-state index contributed by atoms with van der Waals surface area (Å²) in [6.45, 7) is 3.77. The molecule has 0 spiro atoms. The second-order valence-electron chi connectivity index (χ2n) is 3.54. The SMILES string of the molecule is COC(=O)C1(C)CCN(C)C1. The van der Waals surface area contributed by atoms with Gasteiger partial charge in [0.2, 0.25) is 0 Å². The van der Waals surface area contributed by atoms with Gasteiger partial charge in [0, 0.05) is 6.54 Å². The summed E-state index contributed by atoms with van der Waals surface area (Å²) in [5.41, 5.74) is -0.260. The van der Waals surface area contributed by atoms with Crippen LogP contribution in [-0.4, -0.2) is 38.1 Å². The molecule has 0 amide bonds. The molecule has 11 heavy (non-hydrogen) atoms. The first kappa shape index (κ1) is 8.53. The quantitative estimate of drug-likeness (QED) is 0.519. The van der Waals surface area contributed by atoms with Crippen LogP contribution in [0.4, 0.5) is 0 Å². The summed E-state index contributed by atoms with van der Waals surface area (Å²) in [7, 11) is 3.47. The molecule has 1 unspecified atom stereocenters. The summed E-state index contributed by atoms with van der Waals surface area (Å²) in [6.07, 6.45) is 0.913. The van der Waals surface area contributed by atoms with Crippen molar-refractivity contribution in [1.29, 1.82) is 0 Å². The number of likely N-dealkylation sites (tertiary alicyclic amines) is 1. The van der Waals surface area contributed by atoms with Crippen LogP contribution in [0.3, 0.4) is 0 Å². The molecule has 0 aliphatic carbocycles. The molecule has 1 aliphatic heterocycles. The maximum absolute atomic E-state index is 11.2. The van der Waals surface area contributed by atoms with Crippen molar-refractivity contribution in [2.45, 2.75) is 13.3 Å². The molecule has 0 aromatic carbocycles. The van der Waals surface area contributed by atoms with Gasteiger partial charge in [0.15, 0.2) is 0 Å². The number of hydrogen-bond donors (Lipinski definition) is 0. The maximum atomic E-state index is 11.2. The van der Waals surface area contributed by atoms with Gasteiger partial charge in [0.1, 0.15) is 0 Å². The third-order valence-electron chi connectivity index (χ3n) is 2.34. The predicted molar refractivity (Wildman–Crippen MR) is 42.2 cm³/mol. The highest BCUT2D eigenvalue weighted by molar-refractivity contribution is 5.76. The van der Waals surface area contributed by atoms with Gasteiger partial charge in [-0.1, -0.05) is 0 Å². The average Bonchev–Trinajstić information content (AvgIpc) is 2.31. The number of methoxy groups -OCH3 is 1. The lowest BCUT2D eigenvalue weighted by atomic mass is 9.90. The van der Waals surface area contributed by atoms with Gasteiger partial charge in [-0.25, -0.2) is 0 Å². The summed E-state index contributed by atoms with van der Waals surface area (Å²) in [5, 5.41) is 0. The third-order valence-corrected chi connectivity index (χ3v) is 2.34. The molecule has 3 nitrogen and oxygen atoms in total. The average molecular weight is 157 g/mol. The summed E-state index contributed by atoms with van der Waals surface area (Å²) in [6, 6.07) is 0. The fraction of sp³-hybridized carbons (Fsp3) is 0.875. The topological polar surface area (TPSA) is 29.5 Å². The van der Waals surface area contributed by atoms with Crippen LogP contribution in [0, 0.1) is 5.41 Å². The minimum absolute atomic E-state index is 0.0816. The van der Waals surface area contributed by atoms with Crippen molar-refractivity contribution in [1.82, 2.24) is 4.90 Å². The molecule has 1 rings (SSSR count). The molecule has 0 N–H and O–H groups in total. The monoisotopic (exact) mass is 157 g/mol. The van der Waals surface area contributed by atoms with Gasteiger partial charge in [0.25, 0.3) is 0 Å². The van der Waals surface area contributed by atoms with Crippen molar-refractivity contribution in [3.05, 3.63) is 0 Å². The normalized spacial score (nSPS) is 32.3. The summed E-state index contributed by atoms with van der Waals surface area (Å²) in [5.74, 6) is -0.0816. The van der Waals surface area contributed by atoms with Crippen LogP contribution in [0.1, 0.15) is 13.3 Å². The van der Waals surface area contributed by atoms with Crippen LogP contribution in [0.5, 0.6) is 0 Å². The zero-order valence-corrected chi connectivity index (χ0v) is 7.39.